The zero-order chi connectivity index (χ0) is 14.8. The number of aromatic nitrogens is 2. The molecule has 1 aliphatic heterocycles. The van der Waals surface area contributed by atoms with E-state index in [4.69, 9.17) is 14.7 Å². The first-order chi connectivity index (χ1) is 10.2. The van der Waals surface area contributed by atoms with E-state index in [1.807, 2.05) is 23.9 Å². The number of nitriles is 1. The molecule has 21 heavy (non-hydrogen) atoms. The van der Waals surface area contributed by atoms with Gasteiger partial charge in [-0.3, -0.25) is 4.68 Å². The van der Waals surface area contributed by atoms with E-state index < -0.39 is 0 Å². The Morgan fingerprint density at radius 2 is 2.19 bits per heavy atom. The molecule has 1 saturated heterocycles. The van der Waals surface area contributed by atoms with Gasteiger partial charge in [-0.2, -0.15) is 10.4 Å². The predicted molar refractivity (Wildman–Crippen MR) is 78.5 cm³/mol. The van der Waals surface area contributed by atoms with Gasteiger partial charge in [0.05, 0.1) is 23.3 Å². The summed E-state index contributed by atoms with van der Waals surface area (Å²) >= 11 is 0. The number of aryl methyl sites for hydroxylation is 2. The molecule has 0 spiro atoms. The maximum absolute atomic E-state index is 9.17. The third kappa shape index (κ3) is 2.78. The Morgan fingerprint density at radius 3 is 2.86 bits per heavy atom. The quantitative estimate of drug-likeness (QED) is 0.847. The largest absolute Gasteiger partial charge is 0.324 e. The van der Waals surface area contributed by atoms with Crippen LogP contribution in [0.3, 0.4) is 0 Å². The van der Waals surface area contributed by atoms with Gasteiger partial charge < -0.3 is 9.47 Å². The van der Waals surface area contributed by atoms with E-state index in [2.05, 4.69) is 24.2 Å². The molecule has 5 heteroatoms. The highest BCUT2D eigenvalue weighted by Gasteiger charge is 2.25. The van der Waals surface area contributed by atoms with Crippen molar-refractivity contribution >= 4 is 10.9 Å². The molecule has 0 radical (unpaired) electrons. The summed E-state index contributed by atoms with van der Waals surface area (Å²) in [5.41, 5.74) is 2.91. The van der Waals surface area contributed by atoms with Crippen molar-refractivity contribution in [3.8, 4) is 6.07 Å². The lowest BCUT2D eigenvalue weighted by Crippen LogP contribution is -2.38. The van der Waals surface area contributed by atoms with Gasteiger partial charge in [0.1, 0.15) is 0 Å². The highest BCUT2D eigenvalue weighted by atomic mass is 16.9. The van der Waals surface area contributed by atoms with E-state index in [0.717, 1.165) is 47.8 Å². The SMILES string of the molecule is CCc1cc2c(cnn2CCCC2OC(C)O2)cc1C#N. The molecule has 1 aromatic heterocycles. The maximum Gasteiger partial charge on any atom is 0.163 e. The van der Waals surface area contributed by atoms with Crippen molar-refractivity contribution in [1.29, 1.82) is 5.26 Å². The molecule has 110 valence electrons. The molecule has 2 heterocycles. The van der Waals surface area contributed by atoms with Gasteiger partial charge in [-0.15, -0.1) is 0 Å². The summed E-state index contributed by atoms with van der Waals surface area (Å²) < 4.78 is 12.8. The Hall–Kier alpha value is -1.90. The van der Waals surface area contributed by atoms with Crippen LogP contribution in [0.15, 0.2) is 18.3 Å². The Bertz CT molecular complexity index is 681. The maximum atomic E-state index is 9.17. The molecule has 1 aromatic carbocycles. The van der Waals surface area contributed by atoms with Crippen LogP contribution in [-0.4, -0.2) is 22.4 Å². The van der Waals surface area contributed by atoms with Gasteiger partial charge in [0.15, 0.2) is 12.6 Å². The number of nitrogens with zero attached hydrogens (tertiary/aromatic N) is 3. The highest BCUT2D eigenvalue weighted by Crippen LogP contribution is 2.23. The third-order valence-corrected chi connectivity index (χ3v) is 3.86. The minimum Gasteiger partial charge on any atom is -0.324 e. The lowest BCUT2D eigenvalue weighted by molar-refractivity contribution is -0.377. The van der Waals surface area contributed by atoms with Gasteiger partial charge in [-0.25, -0.2) is 0 Å². The van der Waals surface area contributed by atoms with E-state index in [1.54, 1.807) is 0 Å². The van der Waals surface area contributed by atoms with Crippen molar-refractivity contribution in [3.63, 3.8) is 0 Å². The number of ether oxygens (including phenoxy) is 2. The number of benzene rings is 1. The topological polar surface area (TPSA) is 60.1 Å². The number of rotatable bonds is 5. The van der Waals surface area contributed by atoms with Gasteiger partial charge >= 0.3 is 0 Å². The summed E-state index contributed by atoms with van der Waals surface area (Å²) in [6.45, 7) is 4.79. The smallest absolute Gasteiger partial charge is 0.163 e. The zero-order valence-electron chi connectivity index (χ0n) is 12.4. The van der Waals surface area contributed by atoms with Crippen molar-refractivity contribution in [2.24, 2.45) is 0 Å². The number of hydrogen-bond acceptors (Lipinski definition) is 4. The van der Waals surface area contributed by atoms with E-state index in [9.17, 15) is 0 Å². The van der Waals surface area contributed by atoms with Crippen LogP contribution in [0, 0.1) is 11.3 Å². The van der Waals surface area contributed by atoms with Crippen molar-refractivity contribution in [1.82, 2.24) is 9.78 Å². The second-order valence-corrected chi connectivity index (χ2v) is 5.31. The monoisotopic (exact) mass is 285 g/mol. The minimum atomic E-state index is -0.0583. The molecule has 0 atom stereocenters. The third-order valence-electron chi connectivity index (χ3n) is 3.86. The first-order valence-electron chi connectivity index (χ1n) is 7.40. The fourth-order valence-electron chi connectivity index (χ4n) is 2.73. The van der Waals surface area contributed by atoms with Crippen LogP contribution in [0.1, 0.15) is 37.8 Å². The van der Waals surface area contributed by atoms with Crippen molar-refractivity contribution < 1.29 is 9.47 Å². The van der Waals surface area contributed by atoms with Gasteiger partial charge in [0.2, 0.25) is 0 Å². The van der Waals surface area contributed by atoms with Gasteiger partial charge in [0, 0.05) is 18.4 Å². The molecule has 0 amide bonds. The molecule has 0 saturated carbocycles. The van der Waals surface area contributed by atoms with Gasteiger partial charge in [-0.05, 0) is 37.5 Å². The Labute approximate surface area is 124 Å². The molecule has 5 nitrogen and oxygen atoms in total. The molecule has 0 aliphatic carbocycles. The molecule has 2 aromatic rings. The van der Waals surface area contributed by atoms with Gasteiger partial charge in [0.25, 0.3) is 0 Å². The zero-order valence-corrected chi connectivity index (χ0v) is 12.4. The summed E-state index contributed by atoms with van der Waals surface area (Å²) in [6, 6.07) is 6.27. The highest BCUT2D eigenvalue weighted by molar-refractivity contribution is 5.81. The van der Waals surface area contributed by atoms with Crippen LogP contribution in [0.25, 0.3) is 10.9 Å². The average molecular weight is 285 g/mol. The molecular weight excluding hydrogens is 266 g/mol. The van der Waals surface area contributed by atoms with Crippen LogP contribution in [0.5, 0.6) is 0 Å². The number of fused-ring (bicyclic) bond motifs is 1. The summed E-state index contributed by atoms with van der Waals surface area (Å²) in [7, 11) is 0. The predicted octanol–water partition coefficient (Wildman–Crippen LogP) is 2.97. The van der Waals surface area contributed by atoms with Crippen LogP contribution >= 0.6 is 0 Å². The Morgan fingerprint density at radius 1 is 1.38 bits per heavy atom. The van der Waals surface area contributed by atoms with Crippen LogP contribution < -0.4 is 0 Å². The minimum absolute atomic E-state index is 0.0572. The van der Waals surface area contributed by atoms with E-state index in [-0.39, 0.29) is 12.6 Å². The summed E-state index contributed by atoms with van der Waals surface area (Å²) in [5, 5.41) is 14.6. The molecule has 0 N–H and O–H groups in total. The Kier molecular flexibility index (Phi) is 3.91. The fraction of sp³-hybridized carbons (Fsp3) is 0.500. The normalized spacial score (nSPS) is 21.2. The second-order valence-electron chi connectivity index (χ2n) is 5.31. The average Bonchev–Trinajstić information content (AvgIpc) is 2.86. The summed E-state index contributed by atoms with van der Waals surface area (Å²) in [4.78, 5) is 0. The molecular formula is C16H19N3O2. The van der Waals surface area contributed by atoms with Crippen molar-refractivity contribution in [2.75, 3.05) is 0 Å². The standard InChI is InChI=1S/C16H19N3O2/c1-3-12-8-15-14(7-13(12)9-17)10-18-19(15)6-4-5-16-20-11(2)21-16/h7-8,10-11,16H,3-6H2,1-2H3. The van der Waals surface area contributed by atoms with Crippen LogP contribution in [0.4, 0.5) is 0 Å². The second kappa shape index (κ2) is 5.84. The number of hydrogen-bond donors (Lipinski definition) is 0. The summed E-state index contributed by atoms with van der Waals surface area (Å²) in [6.07, 6.45) is 4.40. The van der Waals surface area contributed by atoms with E-state index >= 15 is 0 Å². The van der Waals surface area contributed by atoms with Crippen molar-refractivity contribution in [2.45, 2.75) is 52.2 Å². The first kappa shape index (κ1) is 14.1. The first-order valence-corrected chi connectivity index (χ1v) is 7.40. The van der Waals surface area contributed by atoms with Crippen molar-refractivity contribution in [3.05, 3.63) is 29.5 Å². The lowest BCUT2D eigenvalue weighted by Gasteiger charge is -2.33. The van der Waals surface area contributed by atoms with E-state index in [0.29, 0.717) is 0 Å². The van der Waals surface area contributed by atoms with Gasteiger partial charge in [-0.1, -0.05) is 6.92 Å². The molecule has 1 fully saturated rings. The molecule has 0 unspecified atom stereocenters. The molecule has 0 bridgehead atoms. The summed E-state index contributed by atoms with van der Waals surface area (Å²) in [5.74, 6) is 0. The van der Waals surface area contributed by atoms with Crippen LogP contribution in [-0.2, 0) is 22.4 Å². The molecule has 3 rings (SSSR count). The van der Waals surface area contributed by atoms with Crippen LogP contribution in [0.2, 0.25) is 0 Å². The Balaban J connectivity index is 1.72. The fourth-order valence-corrected chi connectivity index (χ4v) is 2.73. The molecule has 1 aliphatic rings. The lowest BCUT2D eigenvalue weighted by atomic mass is 10.0. The van der Waals surface area contributed by atoms with E-state index in [1.165, 1.54) is 0 Å².